The number of piperidine rings is 1. The van der Waals surface area contributed by atoms with Gasteiger partial charge in [-0.05, 0) is 45.2 Å². The summed E-state index contributed by atoms with van der Waals surface area (Å²) in [4.78, 5) is 14.5. The van der Waals surface area contributed by atoms with E-state index in [2.05, 4.69) is 24.0 Å². The number of thioether (sulfide) groups is 1. The normalized spacial score (nSPS) is 21.0. The number of likely N-dealkylation sites (tertiary alicyclic amines) is 1. The van der Waals surface area contributed by atoms with Crippen molar-refractivity contribution in [2.24, 2.45) is 0 Å². The van der Waals surface area contributed by atoms with Gasteiger partial charge in [-0.15, -0.1) is 10.2 Å². The van der Waals surface area contributed by atoms with Crippen molar-refractivity contribution in [3.63, 3.8) is 0 Å². The highest BCUT2D eigenvalue weighted by Crippen LogP contribution is 2.29. The van der Waals surface area contributed by atoms with E-state index in [1.807, 2.05) is 23.1 Å². The summed E-state index contributed by atoms with van der Waals surface area (Å²) in [6, 6.07) is 7.90. The fraction of sp³-hybridized carbons (Fsp3) is 0.471. The van der Waals surface area contributed by atoms with E-state index in [0.717, 1.165) is 12.8 Å². The second-order valence-corrected chi connectivity index (χ2v) is 7.41. The average molecular weight is 366 g/mol. The average Bonchev–Trinajstić information content (AvgIpc) is 3.02. The van der Waals surface area contributed by atoms with Gasteiger partial charge in [0.2, 0.25) is 11.8 Å². The van der Waals surface area contributed by atoms with Gasteiger partial charge in [-0.25, -0.2) is 0 Å². The van der Waals surface area contributed by atoms with E-state index in [0.29, 0.717) is 39.5 Å². The Balaban J connectivity index is 1.63. The SMILES string of the molecule is C[C@@H]1CCC[C@H](C)N1C(=O)CSc1nnc(-c2ccccc2Cl)o1. The van der Waals surface area contributed by atoms with Crippen molar-refractivity contribution in [2.75, 3.05) is 5.75 Å². The monoisotopic (exact) mass is 365 g/mol. The third-order valence-corrected chi connectivity index (χ3v) is 5.44. The lowest BCUT2D eigenvalue weighted by atomic mass is 9.98. The third kappa shape index (κ3) is 3.75. The number of amides is 1. The van der Waals surface area contributed by atoms with E-state index < -0.39 is 0 Å². The lowest BCUT2D eigenvalue weighted by Gasteiger charge is -2.39. The topological polar surface area (TPSA) is 59.2 Å². The summed E-state index contributed by atoms with van der Waals surface area (Å²) in [6.45, 7) is 4.22. The predicted molar refractivity (Wildman–Crippen MR) is 95.1 cm³/mol. The van der Waals surface area contributed by atoms with Crippen LogP contribution in [0.3, 0.4) is 0 Å². The molecule has 3 rings (SSSR count). The van der Waals surface area contributed by atoms with Gasteiger partial charge in [0, 0.05) is 12.1 Å². The molecule has 2 aromatic rings. The van der Waals surface area contributed by atoms with Crippen LogP contribution >= 0.6 is 23.4 Å². The van der Waals surface area contributed by atoms with Gasteiger partial charge in [0.1, 0.15) is 0 Å². The van der Waals surface area contributed by atoms with Gasteiger partial charge in [0.15, 0.2) is 0 Å². The molecule has 2 heterocycles. The van der Waals surface area contributed by atoms with Crippen LogP contribution in [0.4, 0.5) is 0 Å². The lowest BCUT2D eigenvalue weighted by molar-refractivity contribution is -0.134. The van der Waals surface area contributed by atoms with Crippen molar-refractivity contribution in [3.05, 3.63) is 29.3 Å². The summed E-state index contributed by atoms with van der Waals surface area (Å²) in [5.74, 6) is 0.797. The first kappa shape index (κ1) is 17.3. The summed E-state index contributed by atoms with van der Waals surface area (Å²) in [7, 11) is 0. The molecule has 0 radical (unpaired) electrons. The zero-order chi connectivity index (χ0) is 17.1. The standard InChI is InChI=1S/C17H20ClN3O2S/c1-11-6-5-7-12(2)21(11)15(22)10-24-17-20-19-16(23-17)13-8-3-4-9-14(13)18/h3-4,8-9,11-12H,5-7,10H2,1-2H3/t11-,12+. The minimum Gasteiger partial charge on any atom is -0.411 e. The Hall–Kier alpha value is -1.53. The maximum absolute atomic E-state index is 12.5. The Kier molecular flexibility index (Phi) is 5.46. The molecule has 1 aliphatic heterocycles. The molecule has 0 unspecified atom stereocenters. The van der Waals surface area contributed by atoms with Gasteiger partial charge >= 0.3 is 0 Å². The Morgan fingerprint density at radius 2 is 2.00 bits per heavy atom. The van der Waals surface area contributed by atoms with Gasteiger partial charge in [-0.1, -0.05) is 35.5 Å². The Bertz CT molecular complexity index is 711. The second kappa shape index (κ2) is 7.57. The Morgan fingerprint density at radius 1 is 1.29 bits per heavy atom. The fourth-order valence-electron chi connectivity index (χ4n) is 3.12. The van der Waals surface area contributed by atoms with Crippen molar-refractivity contribution in [2.45, 2.75) is 50.4 Å². The number of halogens is 1. The summed E-state index contributed by atoms with van der Waals surface area (Å²) < 4.78 is 5.63. The summed E-state index contributed by atoms with van der Waals surface area (Å²) in [6.07, 6.45) is 3.32. The summed E-state index contributed by atoms with van der Waals surface area (Å²) in [5.41, 5.74) is 0.697. The number of hydrogen-bond acceptors (Lipinski definition) is 5. The van der Waals surface area contributed by atoms with E-state index in [9.17, 15) is 4.79 Å². The number of nitrogens with zero attached hydrogens (tertiary/aromatic N) is 3. The minimum atomic E-state index is 0.122. The molecule has 1 aromatic carbocycles. The van der Waals surface area contributed by atoms with Crippen LogP contribution in [0, 0.1) is 0 Å². The van der Waals surface area contributed by atoms with Gasteiger partial charge in [0.05, 0.1) is 16.3 Å². The molecular formula is C17H20ClN3O2S. The molecule has 0 saturated carbocycles. The van der Waals surface area contributed by atoms with Crippen molar-refractivity contribution in [1.29, 1.82) is 0 Å². The smallest absolute Gasteiger partial charge is 0.277 e. The quantitative estimate of drug-likeness (QED) is 0.757. The number of hydrogen-bond donors (Lipinski definition) is 0. The van der Waals surface area contributed by atoms with Crippen LogP contribution in [0.5, 0.6) is 0 Å². The van der Waals surface area contributed by atoms with Gasteiger partial charge in [-0.3, -0.25) is 4.79 Å². The molecule has 0 bridgehead atoms. The molecule has 1 fully saturated rings. The largest absolute Gasteiger partial charge is 0.411 e. The number of rotatable bonds is 4. The number of benzene rings is 1. The number of carbonyl (C=O) groups is 1. The van der Waals surface area contributed by atoms with Crippen molar-refractivity contribution < 1.29 is 9.21 Å². The third-order valence-electron chi connectivity index (χ3n) is 4.31. The first-order valence-corrected chi connectivity index (χ1v) is 9.45. The second-order valence-electron chi connectivity index (χ2n) is 6.07. The number of carbonyl (C=O) groups excluding carboxylic acids is 1. The fourth-order valence-corrected chi connectivity index (χ4v) is 3.97. The highest BCUT2D eigenvalue weighted by molar-refractivity contribution is 7.99. The summed E-state index contributed by atoms with van der Waals surface area (Å²) >= 11 is 7.41. The molecule has 1 saturated heterocycles. The van der Waals surface area contributed by atoms with Gasteiger partial charge < -0.3 is 9.32 Å². The van der Waals surface area contributed by atoms with Crippen LogP contribution in [0.25, 0.3) is 11.5 Å². The zero-order valence-corrected chi connectivity index (χ0v) is 15.3. The van der Waals surface area contributed by atoms with Crippen LogP contribution in [0.1, 0.15) is 33.1 Å². The lowest BCUT2D eigenvalue weighted by Crippen LogP contribution is -2.48. The van der Waals surface area contributed by atoms with Crippen LogP contribution in [0.15, 0.2) is 33.9 Å². The van der Waals surface area contributed by atoms with E-state index in [1.54, 1.807) is 6.07 Å². The van der Waals surface area contributed by atoms with Gasteiger partial charge in [-0.2, -0.15) is 0 Å². The molecule has 2 atom stereocenters. The molecule has 1 aliphatic rings. The minimum absolute atomic E-state index is 0.122. The van der Waals surface area contributed by atoms with E-state index in [-0.39, 0.29) is 5.91 Å². The Labute approximate surface area is 150 Å². The molecule has 1 aromatic heterocycles. The molecule has 0 aliphatic carbocycles. The molecule has 0 N–H and O–H groups in total. The summed E-state index contributed by atoms with van der Waals surface area (Å²) in [5, 5.41) is 8.97. The molecule has 128 valence electrons. The predicted octanol–water partition coefficient (Wildman–Crippen LogP) is 4.27. The highest BCUT2D eigenvalue weighted by Gasteiger charge is 2.29. The van der Waals surface area contributed by atoms with E-state index in [4.69, 9.17) is 16.0 Å². The molecule has 7 heteroatoms. The van der Waals surface area contributed by atoms with Crippen molar-refractivity contribution in [1.82, 2.24) is 15.1 Å². The van der Waals surface area contributed by atoms with Crippen molar-refractivity contribution >= 4 is 29.3 Å². The maximum Gasteiger partial charge on any atom is 0.277 e. The zero-order valence-electron chi connectivity index (χ0n) is 13.7. The van der Waals surface area contributed by atoms with Gasteiger partial charge in [0.25, 0.3) is 5.22 Å². The number of aromatic nitrogens is 2. The van der Waals surface area contributed by atoms with Crippen LogP contribution in [-0.4, -0.2) is 38.8 Å². The first-order valence-electron chi connectivity index (χ1n) is 8.08. The molecule has 1 amide bonds. The van der Waals surface area contributed by atoms with Crippen molar-refractivity contribution in [3.8, 4) is 11.5 Å². The van der Waals surface area contributed by atoms with Crippen LogP contribution in [-0.2, 0) is 4.79 Å². The van der Waals surface area contributed by atoms with E-state index in [1.165, 1.54) is 18.2 Å². The first-order chi connectivity index (χ1) is 11.6. The van der Waals surface area contributed by atoms with Crippen LogP contribution < -0.4 is 0 Å². The van der Waals surface area contributed by atoms with E-state index >= 15 is 0 Å². The molecule has 24 heavy (non-hydrogen) atoms. The highest BCUT2D eigenvalue weighted by atomic mass is 35.5. The molecule has 5 nitrogen and oxygen atoms in total. The molecule has 0 spiro atoms. The molecular weight excluding hydrogens is 346 g/mol. The van der Waals surface area contributed by atoms with Crippen LogP contribution in [0.2, 0.25) is 5.02 Å². The Morgan fingerprint density at radius 3 is 2.71 bits per heavy atom. The maximum atomic E-state index is 12.5.